The molecule has 0 amide bonds. The zero-order chi connectivity index (χ0) is 7.82. The average molecular weight is 142 g/mol. The fourth-order valence-corrected chi connectivity index (χ4v) is 0.631. The maximum Gasteiger partial charge on any atom is 0.0982 e. The number of rotatable bonds is 5. The Morgan fingerprint density at radius 2 is 2.40 bits per heavy atom. The van der Waals surface area contributed by atoms with Gasteiger partial charge < -0.3 is 9.84 Å². The molecule has 0 saturated heterocycles. The molecule has 0 unspecified atom stereocenters. The minimum Gasteiger partial charge on any atom is -0.498 e. The lowest BCUT2D eigenvalue weighted by atomic mass is 10.3. The molecule has 0 spiro atoms. The van der Waals surface area contributed by atoms with Crippen molar-refractivity contribution in [3.63, 3.8) is 0 Å². The van der Waals surface area contributed by atoms with E-state index in [0.29, 0.717) is 13.0 Å². The molecule has 0 aliphatic heterocycles. The third-order valence-electron chi connectivity index (χ3n) is 0.992. The van der Waals surface area contributed by atoms with Gasteiger partial charge in [0, 0.05) is 6.42 Å². The van der Waals surface area contributed by atoms with Gasteiger partial charge in [0.25, 0.3) is 0 Å². The Labute approximate surface area is 61.8 Å². The average Bonchev–Trinajstić information content (AvgIpc) is 1.90. The summed E-state index contributed by atoms with van der Waals surface area (Å²) in [6.07, 6.45) is 3.99. The van der Waals surface area contributed by atoms with E-state index in [9.17, 15) is 0 Å². The third kappa shape index (κ3) is 4.15. The third-order valence-corrected chi connectivity index (χ3v) is 0.992. The highest BCUT2D eigenvalue weighted by molar-refractivity contribution is 5.04. The second-order valence-electron chi connectivity index (χ2n) is 1.78. The monoisotopic (exact) mass is 142 g/mol. The van der Waals surface area contributed by atoms with Crippen LogP contribution in [-0.4, -0.2) is 18.3 Å². The van der Waals surface area contributed by atoms with Crippen LogP contribution in [0.5, 0.6) is 0 Å². The topological polar surface area (TPSA) is 29.5 Å². The molecule has 0 bridgehead atoms. The quantitative estimate of drug-likeness (QED) is 0.465. The van der Waals surface area contributed by atoms with Crippen LogP contribution in [0.15, 0.2) is 24.5 Å². The smallest absolute Gasteiger partial charge is 0.0982 e. The highest BCUT2D eigenvalue weighted by Crippen LogP contribution is 2.01. The fraction of sp³-hybridized carbons (Fsp3) is 0.500. The van der Waals surface area contributed by atoms with Gasteiger partial charge in [-0.2, -0.15) is 0 Å². The predicted molar refractivity (Wildman–Crippen MR) is 41.6 cm³/mol. The summed E-state index contributed by atoms with van der Waals surface area (Å²) in [5.41, 5.74) is 0. The Kier molecular flexibility index (Phi) is 5.88. The molecule has 2 heteroatoms. The normalized spacial score (nSPS) is 11.2. The van der Waals surface area contributed by atoms with Crippen molar-refractivity contribution in [3.05, 3.63) is 24.5 Å². The van der Waals surface area contributed by atoms with Crippen molar-refractivity contribution < 1.29 is 9.84 Å². The first kappa shape index (κ1) is 9.24. The highest BCUT2D eigenvalue weighted by atomic mass is 16.5. The van der Waals surface area contributed by atoms with E-state index in [4.69, 9.17) is 9.84 Å². The van der Waals surface area contributed by atoms with Gasteiger partial charge in [-0.1, -0.05) is 12.7 Å². The fourth-order valence-electron chi connectivity index (χ4n) is 0.631. The van der Waals surface area contributed by atoms with Gasteiger partial charge in [-0.15, -0.1) is 0 Å². The van der Waals surface area contributed by atoms with Crippen molar-refractivity contribution in [2.45, 2.75) is 13.3 Å². The number of aliphatic hydroxyl groups excluding tert-OH is 1. The van der Waals surface area contributed by atoms with E-state index in [1.165, 1.54) is 0 Å². The van der Waals surface area contributed by atoms with E-state index < -0.39 is 0 Å². The van der Waals surface area contributed by atoms with Gasteiger partial charge in [0.1, 0.15) is 0 Å². The molecule has 0 aromatic carbocycles. The van der Waals surface area contributed by atoms with E-state index in [-0.39, 0.29) is 6.61 Å². The van der Waals surface area contributed by atoms with Crippen LogP contribution >= 0.6 is 0 Å². The zero-order valence-electron chi connectivity index (χ0n) is 6.34. The molecule has 0 aromatic heterocycles. The van der Waals surface area contributed by atoms with Crippen molar-refractivity contribution in [2.24, 2.45) is 0 Å². The standard InChI is InChI=1S/C8H14O2/c1-3-5-8(6-7-9)10-4-2/h3,5,9H,1,4,6-7H2,2H3/b8-5-. The second kappa shape index (κ2) is 6.36. The van der Waals surface area contributed by atoms with E-state index in [0.717, 1.165) is 5.76 Å². The van der Waals surface area contributed by atoms with Crippen molar-refractivity contribution >= 4 is 0 Å². The molecular weight excluding hydrogens is 128 g/mol. The largest absolute Gasteiger partial charge is 0.498 e. The first-order chi connectivity index (χ1) is 4.85. The first-order valence-electron chi connectivity index (χ1n) is 3.40. The van der Waals surface area contributed by atoms with Crippen LogP contribution in [0.1, 0.15) is 13.3 Å². The molecule has 10 heavy (non-hydrogen) atoms. The molecule has 0 saturated carbocycles. The van der Waals surface area contributed by atoms with Crippen LogP contribution in [0.2, 0.25) is 0 Å². The maximum absolute atomic E-state index is 8.53. The molecule has 0 atom stereocenters. The first-order valence-corrected chi connectivity index (χ1v) is 3.40. The van der Waals surface area contributed by atoms with Gasteiger partial charge in [-0.3, -0.25) is 0 Å². The SMILES string of the molecule is C=C/C=C(/CCO)OCC. The highest BCUT2D eigenvalue weighted by Gasteiger charge is 1.92. The minimum absolute atomic E-state index is 0.125. The molecule has 1 N–H and O–H groups in total. The summed E-state index contributed by atoms with van der Waals surface area (Å²) in [5, 5.41) is 8.53. The van der Waals surface area contributed by atoms with Gasteiger partial charge in [0.15, 0.2) is 0 Å². The molecule has 0 heterocycles. The van der Waals surface area contributed by atoms with Gasteiger partial charge >= 0.3 is 0 Å². The van der Waals surface area contributed by atoms with E-state index in [1.807, 2.05) is 6.92 Å². The van der Waals surface area contributed by atoms with Gasteiger partial charge in [0.2, 0.25) is 0 Å². The van der Waals surface area contributed by atoms with Crippen LogP contribution < -0.4 is 0 Å². The summed E-state index contributed by atoms with van der Waals surface area (Å²) < 4.78 is 5.15. The van der Waals surface area contributed by atoms with Gasteiger partial charge in [-0.05, 0) is 13.0 Å². The number of hydrogen-bond acceptors (Lipinski definition) is 2. The van der Waals surface area contributed by atoms with E-state index in [2.05, 4.69) is 6.58 Å². The Morgan fingerprint density at radius 3 is 2.80 bits per heavy atom. The van der Waals surface area contributed by atoms with Crippen molar-refractivity contribution in [1.29, 1.82) is 0 Å². The molecule has 0 rings (SSSR count). The summed E-state index contributed by atoms with van der Waals surface area (Å²) >= 11 is 0. The Morgan fingerprint density at radius 1 is 1.70 bits per heavy atom. The summed E-state index contributed by atoms with van der Waals surface area (Å²) in [6.45, 7) is 6.20. The number of allylic oxidation sites excluding steroid dienone is 2. The molecular formula is C8H14O2. The lowest BCUT2D eigenvalue weighted by molar-refractivity contribution is 0.194. The maximum atomic E-state index is 8.53. The van der Waals surface area contributed by atoms with Crippen LogP contribution in [-0.2, 0) is 4.74 Å². The molecule has 0 aliphatic carbocycles. The molecule has 0 aliphatic rings. The minimum atomic E-state index is 0.125. The van der Waals surface area contributed by atoms with Gasteiger partial charge in [0.05, 0.1) is 19.0 Å². The van der Waals surface area contributed by atoms with Crippen LogP contribution in [0, 0.1) is 0 Å². The van der Waals surface area contributed by atoms with Crippen LogP contribution in [0.25, 0.3) is 0 Å². The van der Waals surface area contributed by atoms with Crippen molar-refractivity contribution in [1.82, 2.24) is 0 Å². The van der Waals surface area contributed by atoms with Crippen molar-refractivity contribution in [2.75, 3.05) is 13.2 Å². The van der Waals surface area contributed by atoms with Crippen molar-refractivity contribution in [3.8, 4) is 0 Å². The number of ether oxygens (including phenoxy) is 1. The number of hydrogen-bond donors (Lipinski definition) is 1. The molecule has 0 aromatic rings. The van der Waals surface area contributed by atoms with Crippen LogP contribution in [0.4, 0.5) is 0 Å². The molecule has 0 fully saturated rings. The Hall–Kier alpha value is -0.760. The Balaban J connectivity index is 3.71. The molecule has 2 nitrogen and oxygen atoms in total. The molecule has 0 radical (unpaired) electrons. The van der Waals surface area contributed by atoms with Crippen LogP contribution in [0.3, 0.4) is 0 Å². The van der Waals surface area contributed by atoms with E-state index in [1.54, 1.807) is 12.2 Å². The summed E-state index contributed by atoms with van der Waals surface area (Å²) in [6, 6.07) is 0. The van der Waals surface area contributed by atoms with Gasteiger partial charge in [-0.25, -0.2) is 0 Å². The Bertz CT molecular complexity index is 108. The summed E-state index contributed by atoms with van der Waals surface area (Å²) in [7, 11) is 0. The number of aliphatic hydroxyl groups is 1. The summed E-state index contributed by atoms with van der Waals surface area (Å²) in [4.78, 5) is 0. The zero-order valence-corrected chi connectivity index (χ0v) is 6.34. The predicted octanol–water partition coefficient (Wildman–Crippen LogP) is 1.48. The summed E-state index contributed by atoms with van der Waals surface area (Å²) in [5.74, 6) is 0.792. The lowest BCUT2D eigenvalue weighted by Crippen LogP contribution is -1.94. The lowest BCUT2D eigenvalue weighted by Gasteiger charge is -2.04. The molecule has 58 valence electrons. The second-order valence-corrected chi connectivity index (χ2v) is 1.78. The van der Waals surface area contributed by atoms with E-state index >= 15 is 0 Å².